The maximum atomic E-state index is 6.33. The summed E-state index contributed by atoms with van der Waals surface area (Å²) in [6.07, 6.45) is 0. The van der Waals surface area contributed by atoms with E-state index in [9.17, 15) is 0 Å². The number of hydrogen-bond acceptors (Lipinski definition) is 2. The first-order chi connectivity index (χ1) is 10.1. The van der Waals surface area contributed by atoms with Gasteiger partial charge in [0.05, 0.1) is 0 Å². The third kappa shape index (κ3) is 4.48. The molecule has 112 valence electrons. The van der Waals surface area contributed by atoms with Gasteiger partial charge in [-0.15, -0.1) is 0 Å². The van der Waals surface area contributed by atoms with E-state index in [2.05, 4.69) is 19.2 Å². The average molecular weight is 304 g/mol. The van der Waals surface area contributed by atoms with Crippen LogP contribution in [0.2, 0.25) is 5.02 Å². The van der Waals surface area contributed by atoms with Crippen LogP contribution in [0.3, 0.4) is 0 Å². The fourth-order valence-electron chi connectivity index (χ4n) is 2.08. The predicted octanol–water partition coefficient (Wildman–Crippen LogP) is 5.19. The van der Waals surface area contributed by atoms with Crippen molar-refractivity contribution in [2.75, 3.05) is 6.54 Å². The van der Waals surface area contributed by atoms with Crippen molar-refractivity contribution >= 4 is 11.6 Å². The molecule has 1 N–H and O–H groups in total. The summed E-state index contributed by atoms with van der Waals surface area (Å²) in [4.78, 5) is 0. The number of halogens is 1. The lowest BCUT2D eigenvalue weighted by atomic mass is 10.1. The molecule has 2 nitrogen and oxygen atoms in total. The Hall–Kier alpha value is -1.51. The van der Waals surface area contributed by atoms with E-state index in [1.165, 1.54) is 0 Å². The highest BCUT2D eigenvalue weighted by Crippen LogP contribution is 2.31. The summed E-state index contributed by atoms with van der Waals surface area (Å²) >= 11 is 6.33. The lowest BCUT2D eigenvalue weighted by molar-refractivity contribution is 0.466. The van der Waals surface area contributed by atoms with E-state index < -0.39 is 0 Å². The largest absolute Gasteiger partial charge is 0.457 e. The van der Waals surface area contributed by atoms with Crippen LogP contribution in [0.25, 0.3) is 0 Å². The van der Waals surface area contributed by atoms with Gasteiger partial charge in [-0.05, 0) is 43.1 Å². The molecule has 2 aromatic carbocycles. The number of ether oxygens (including phenoxy) is 1. The van der Waals surface area contributed by atoms with E-state index in [1.807, 2.05) is 49.4 Å². The second kappa shape index (κ2) is 7.48. The molecule has 0 aliphatic rings. The first-order valence-electron chi connectivity index (χ1n) is 7.29. The Kier molecular flexibility index (Phi) is 5.66. The van der Waals surface area contributed by atoms with Gasteiger partial charge in [0.1, 0.15) is 11.5 Å². The molecular weight excluding hydrogens is 282 g/mol. The molecule has 0 radical (unpaired) electrons. The van der Waals surface area contributed by atoms with Gasteiger partial charge in [0, 0.05) is 17.1 Å². The summed E-state index contributed by atoms with van der Waals surface area (Å²) < 4.78 is 6.05. The maximum absolute atomic E-state index is 6.33. The van der Waals surface area contributed by atoms with Crippen LogP contribution in [0, 0.1) is 12.8 Å². The van der Waals surface area contributed by atoms with Crippen molar-refractivity contribution < 1.29 is 4.74 Å². The Morgan fingerprint density at radius 1 is 1.05 bits per heavy atom. The van der Waals surface area contributed by atoms with Crippen LogP contribution in [0.5, 0.6) is 11.5 Å². The third-order valence-corrected chi connectivity index (χ3v) is 3.60. The van der Waals surface area contributed by atoms with Crippen molar-refractivity contribution in [2.45, 2.75) is 27.3 Å². The zero-order chi connectivity index (χ0) is 15.2. The minimum Gasteiger partial charge on any atom is -0.457 e. The van der Waals surface area contributed by atoms with Crippen LogP contribution >= 0.6 is 11.6 Å². The molecule has 2 rings (SSSR count). The molecule has 0 aliphatic heterocycles. The minimum absolute atomic E-state index is 0.605. The summed E-state index contributed by atoms with van der Waals surface area (Å²) in [5.74, 6) is 2.28. The van der Waals surface area contributed by atoms with Crippen LogP contribution in [-0.2, 0) is 6.54 Å². The second-order valence-corrected chi connectivity index (χ2v) is 6.02. The Bertz CT molecular complexity index is 596. The van der Waals surface area contributed by atoms with Gasteiger partial charge in [0.2, 0.25) is 0 Å². The summed E-state index contributed by atoms with van der Waals surface area (Å²) in [5.41, 5.74) is 2.11. The monoisotopic (exact) mass is 303 g/mol. The van der Waals surface area contributed by atoms with E-state index >= 15 is 0 Å². The molecule has 0 bridgehead atoms. The van der Waals surface area contributed by atoms with E-state index in [-0.39, 0.29) is 0 Å². The zero-order valence-electron chi connectivity index (χ0n) is 12.8. The van der Waals surface area contributed by atoms with Gasteiger partial charge in [0.15, 0.2) is 0 Å². The van der Waals surface area contributed by atoms with Crippen LogP contribution in [-0.4, -0.2) is 6.54 Å². The zero-order valence-corrected chi connectivity index (χ0v) is 13.6. The highest BCUT2D eigenvalue weighted by Gasteiger charge is 2.10. The lowest BCUT2D eigenvalue weighted by Gasteiger charge is -2.15. The van der Waals surface area contributed by atoms with Crippen molar-refractivity contribution in [3.8, 4) is 11.5 Å². The third-order valence-electron chi connectivity index (χ3n) is 3.24. The standard InChI is InChI=1S/C18H22ClNO/c1-13(2)11-20-12-15-16(19)8-6-10-18(15)21-17-9-5-4-7-14(17)3/h4-10,13,20H,11-12H2,1-3H3. The molecule has 0 saturated heterocycles. The van der Waals surface area contributed by atoms with Gasteiger partial charge in [-0.2, -0.15) is 0 Å². The molecule has 21 heavy (non-hydrogen) atoms. The quantitative estimate of drug-likeness (QED) is 0.793. The van der Waals surface area contributed by atoms with Crippen molar-refractivity contribution in [1.29, 1.82) is 0 Å². The molecule has 0 fully saturated rings. The van der Waals surface area contributed by atoms with Crippen LogP contribution in [0.1, 0.15) is 25.0 Å². The fourth-order valence-corrected chi connectivity index (χ4v) is 2.31. The Labute approximate surface area is 132 Å². The smallest absolute Gasteiger partial charge is 0.133 e. The van der Waals surface area contributed by atoms with Gasteiger partial charge in [-0.3, -0.25) is 0 Å². The molecule has 0 aliphatic carbocycles. The van der Waals surface area contributed by atoms with Crippen LogP contribution in [0.4, 0.5) is 0 Å². The van der Waals surface area contributed by atoms with Crippen molar-refractivity contribution in [1.82, 2.24) is 5.32 Å². The van der Waals surface area contributed by atoms with Gasteiger partial charge >= 0.3 is 0 Å². The molecule has 0 heterocycles. The van der Waals surface area contributed by atoms with Crippen molar-refractivity contribution in [2.24, 2.45) is 5.92 Å². The lowest BCUT2D eigenvalue weighted by Crippen LogP contribution is -2.19. The molecular formula is C18H22ClNO. The Morgan fingerprint density at radius 2 is 1.76 bits per heavy atom. The number of rotatable bonds is 6. The van der Waals surface area contributed by atoms with E-state index in [4.69, 9.17) is 16.3 Å². The normalized spacial score (nSPS) is 10.9. The summed E-state index contributed by atoms with van der Waals surface area (Å²) in [6, 6.07) is 13.8. The summed E-state index contributed by atoms with van der Waals surface area (Å²) in [5, 5.41) is 4.15. The van der Waals surface area contributed by atoms with E-state index in [0.29, 0.717) is 12.5 Å². The predicted molar refractivity (Wildman–Crippen MR) is 89.2 cm³/mol. The number of nitrogens with one attached hydrogen (secondary N) is 1. The summed E-state index contributed by atoms with van der Waals surface area (Å²) in [6.45, 7) is 8.07. The molecule has 3 heteroatoms. The summed E-state index contributed by atoms with van der Waals surface area (Å²) in [7, 11) is 0. The molecule has 0 spiro atoms. The van der Waals surface area contributed by atoms with Crippen molar-refractivity contribution in [3.05, 3.63) is 58.6 Å². The topological polar surface area (TPSA) is 21.3 Å². The number of benzene rings is 2. The maximum Gasteiger partial charge on any atom is 0.133 e. The SMILES string of the molecule is Cc1ccccc1Oc1cccc(Cl)c1CNCC(C)C. The number of aryl methyl sites for hydroxylation is 1. The van der Waals surface area contributed by atoms with Crippen LogP contribution in [0.15, 0.2) is 42.5 Å². The van der Waals surface area contributed by atoms with Gasteiger partial charge < -0.3 is 10.1 Å². The van der Waals surface area contributed by atoms with Crippen molar-refractivity contribution in [3.63, 3.8) is 0 Å². The number of hydrogen-bond donors (Lipinski definition) is 1. The molecule has 0 unspecified atom stereocenters. The second-order valence-electron chi connectivity index (χ2n) is 5.61. The molecule has 0 aromatic heterocycles. The molecule has 2 aromatic rings. The van der Waals surface area contributed by atoms with E-state index in [1.54, 1.807) is 0 Å². The average Bonchev–Trinajstić information content (AvgIpc) is 2.44. The van der Waals surface area contributed by atoms with Gasteiger partial charge in [0.25, 0.3) is 0 Å². The minimum atomic E-state index is 0.605. The number of para-hydroxylation sites is 1. The van der Waals surface area contributed by atoms with Gasteiger partial charge in [-0.1, -0.05) is 49.7 Å². The van der Waals surface area contributed by atoms with E-state index in [0.717, 1.165) is 34.2 Å². The fraction of sp³-hybridized carbons (Fsp3) is 0.333. The van der Waals surface area contributed by atoms with Gasteiger partial charge in [-0.25, -0.2) is 0 Å². The first-order valence-corrected chi connectivity index (χ1v) is 7.67. The molecule has 0 saturated carbocycles. The highest BCUT2D eigenvalue weighted by atomic mass is 35.5. The molecule has 0 amide bonds. The Morgan fingerprint density at radius 3 is 2.48 bits per heavy atom. The van der Waals surface area contributed by atoms with Crippen LogP contribution < -0.4 is 10.1 Å². The Balaban J connectivity index is 2.19. The molecule has 0 atom stereocenters. The highest BCUT2D eigenvalue weighted by molar-refractivity contribution is 6.31. The first kappa shape index (κ1) is 15.9.